The first-order valence-corrected chi connectivity index (χ1v) is 13.9. The van der Waals surface area contributed by atoms with Gasteiger partial charge in [-0.1, -0.05) is 47.6 Å². The summed E-state index contributed by atoms with van der Waals surface area (Å²) in [5.74, 6) is -2.63. The first kappa shape index (κ1) is 32.3. The van der Waals surface area contributed by atoms with Crippen LogP contribution in [0.25, 0.3) is 0 Å². The van der Waals surface area contributed by atoms with E-state index in [4.69, 9.17) is 19.4 Å². The number of fused-ring (bicyclic) bond motifs is 1. The summed E-state index contributed by atoms with van der Waals surface area (Å²) in [5.41, 5.74) is 2.49. The summed E-state index contributed by atoms with van der Waals surface area (Å²) in [7, 11) is 0. The Hall–Kier alpha value is -5.59. The maximum atomic E-state index is 14.4. The molecule has 0 unspecified atom stereocenters. The van der Waals surface area contributed by atoms with E-state index in [1.165, 1.54) is 4.90 Å². The number of nitrogens with zero attached hydrogens (tertiary/aromatic N) is 2. The van der Waals surface area contributed by atoms with Gasteiger partial charge >= 0.3 is 18.5 Å². The Labute approximate surface area is 258 Å². The number of hydrogen-bond acceptors (Lipinski definition) is 9. The monoisotopic (exact) mass is 620 g/mol. The minimum absolute atomic E-state index is 0.0503. The number of carbonyl (C=O) groups excluding carboxylic acids is 1. The topological polar surface area (TPSA) is 181 Å². The first-order chi connectivity index (χ1) is 21.3. The van der Waals surface area contributed by atoms with Gasteiger partial charge in [-0.15, -0.1) is 0 Å². The highest BCUT2D eigenvalue weighted by Crippen LogP contribution is 2.40. The van der Waals surface area contributed by atoms with E-state index < -0.39 is 53.3 Å². The summed E-state index contributed by atoms with van der Waals surface area (Å²) in [5, 5.41) is 31.8. The molecular formula is C32H32N2O11. The van der Waals surface area contributed by atoms with Gasteiger partial charge in [-0.2, -0.15) is 0 Å². The number of oxime groups is 1. The lowest BCUT2D eigenvalue weighted by Crippen LogP contribution is -2.36. The SMILES string of the molecule is CC(C)(C)ON=Cc1cccc(CN(C(=O)c2cc(OC(=O)O)c(OC(=O)O)cc2OC(=O)O)[C@H]2CCCc3ccccc32)c1. The molecule has 3 aromatic rings. The molecule has 0 aliphatic heterocycles. The van der Waals surface area contributed by atoms with Crippen LogP contribution in [0.2, 0.25) is 0 Å². The van der Waals surface area contributed by atoms with E-state index in [0.29, 0.717) is 17.5 Å². The van der Waals surface area contributed by atoms with Crippen molar-refractivity contribution in [1.82, 2.24) is 4.90 Å². The van der Waals surface area contributed by atoms with Gasteiger partial charge in [-0.3, -0.25) is 4.79 Å². The minimum Gasteiger partial charge on any atom is -0.449 e. The van der Waals surface area contributed by atoms with Gasteiger partial charge in [0.1, 0.15) is 5.60 Å². The van der Waals surface area contributed by atoms with Gasteiger partial charge in [0.25, 0.3) is 5.91 Å². The van der Waals surface area contributed by atoms with Crippen LogP contribution in [-0.2, 0) is 17.8 Å². The van der Waals surface area contributed by atoms with Gasteiger partial charge in [0.2, 0.25) is 0 Å². The Morgan fingerprint density at radius 2 is 1.51 bits per heavy atom. The first-order valence-electron chi connectivity index (χ1n) is 13.9. The molecule has 1 aliphatic rings. The fraction of sp³-hybridized carbons (Fsp3) is 0.281. The fourth-order valence-corrected chi connectivity index (χ4v) is 4.98. The highest BCUT2D eigenvalue weighted by Gasteiger charge is 2.33. The molecule has 0 saturated heterocycles. The highest BCUT2D eigenvalue weighted by atomic mass is 16.7. The number of hydrogen-bond donors (Lipinski definition) is 3. The van der Waals surface area contributed by atoms with Crippen molar-refractivity contribution < 1.29 is 53.5 Å². The molecule has 1 aliphatic carbocycles. The molecule has 1 atom stereocenters. The second-order valence-electron chi connectivity index (χ2n) is 11.1. The molecule has 13 heteroatoms. The molecule has 236 valence electrons. The zero-order chi connectivity index (χ0) is 32.7. The quantitative estimate of drug-likeness (QED) is 0.0998. The summed E-state index contributed by atoms with van der Waals surface area (Å²) < 4.78 is 14.2. The zero-order valence-corrected chi connectivity index (χ0v) is 24.8. The Bertz CT molecular complexity index is 1630. The molecule has 13 nitrogen and oxygen atoms in total. The van der Waals surface area contributed by atoms with Crippen LogP contribution in [-0.4, -0.2) is 56.4 Å². The van der Waals surface area contributed by atoms with Gasteiger partial charge in [0.15, 0.2) is 17.2 Å². The standard InChI is InChI=1S/C32H32N2O11/c1-32(2,3)45-33-17-19-8-6-9-20(14-19)18-34(24-13-7-11-21-10-4-5-12-22(21)24)28(35)23-15-26(43-30(38)39)27(44-31(40)41)16-25(23)42-29(36)37/h4-6,8-10,12,14-17,24H,7,11,13,18H2,1-3H3,(H,36,37)(H,38,39)(H,40,41)/t24-/m0/s1. The van der Waals surface area contributed by atoms with Crippen molar-refractivity contribution in [2.75, 3.05) is 0 Å². The molecule has 1 amide bonds. The number of amides is 1. The van der Waals surface area contributed by atoms with E-state index in [1.807, 2.05) is 63.2 Å². The third-order valence-corrected chi connectivity index (χ3v) is 6.68. The van der Waals surface area contributed by atoms with Crippen molar-refractivity contribution >= 4 is 30.6 Å². The molecule has 0 bridgehead atoms. The van der Waals surface area contributed by atoms with Crippen LogP contribution in [0.4, 0.5) is 14.4 Å². The van der Waals surface area contributed by atoms with Crippen molar-refractivity contribution in [3.05, 3.63) is 88.5 Å². The van der Waals surface area contributed by atoms with E-state index in [9.17, 15) is 29.4 Å². The number of aryl methyl sites for hydroxylation is 1. The highest BCUT2D eigenvalue weighted by molar-refractivity contribution is 5.99. The van der Waals surface area contributed by atoms with Crippen LogP contribution in [0.1, 0.15) is 72.3 Å². The molecule has 0 radical (unpaired) electrons. The Morgan fingerprint density at radius 3 is 2.18 bits per heavy atom. The van der Waals surface area contributed by atoms with Crippen molar-refractivity contribution in [1.29, 1.82) is 0 Å². The Kier molecular flexibility index (Phi) is 9.91. The summed E-state index contributed by atoms with van der Waals surface area (Å²) in [6.07, 6.45) is -1.75. The number of rotatable bonds is 9. The van der Waals surface area contributed by atoms with Gasteiger partial charge in [-0.25, -0.2) is 14.4 Å². The van der Waals surface area contributed by atoms with E-state index in [2.05, 4.69) is 9.89 Å². The largest absolute Gasteiger partial charge is 0.511 e. The second kappa shape index (κ2) is 13.8. The summed E-state index contributed by atoms with van der Waals surface area (Å²) in [6, 6.07) is 16.1. The molecule has 0 aromatic heterocycles. The van der Waals surface area contributed by atoms with E-state index in [-0.39, 0.29) is 12.1 Å². The minimum atomic E-state index is -1.83. The van der Waals surface area contributed by atoms with Crippen molar-refractivity contribution in [2.24, 2.45) is 5.16 Å². The van der Waals surface area contributed by atoms with Crippen LogP contribution < -0.4 is 14.2 Å². The van der Waals surface area contributed by atoms with Crippen molar-refractivity contribution in [3.8, 4) is 17.2 Å². The zero-order valence-electron chi connectivity index (χ0n) is 24.8. The lowest BCUT2D eigenvalue weighted by molar-refractivity contribution is 0.00198. The molecule has 3 N–H and O–H groups in total. The summed E-state index contributed by atoms with van der Waals surface area (Å²) in [4.78, 5) is 55.7. The van der Waals surface area contributed by atoms with Gasteiger partial charge in [0, 0.05) is 18.7 Å². The average molecular weight is 621 g/mol. The summed E-state index contributed by atoms with van der Waals surface area (Å²) >= 11 is 0. The van der Waals surface area contributed by atoms with E-state index in [1.54, 1.807) is 12.3 Å². The van der Waals surface area contributed by atoms with E-state index >= 15 is 0 Å². The smallest absolute Gasteiger partial charge is 0.449 e. The average Bonchev–Trinajstić information content (AvgIpc) is 2.95. The number of carbonyl (C=O) groups is 4. The maximum absolute atomic E-state index is 14.4. The number of ether oxygens (including phenoxy) is 3. The van der Waals surface area contributed by atoms with Gasteiger partial charge in [-0.05, 0) is 68.4 Å². The van der Waals surface area contributed by atoms with Crippen LogP contribution in [0.5, 0.6) is 17.2 Å². The second-order valence-corrected chi connectivity index (χ2v) is 11.1. The fourth-order valence-electron chi connectivity index (χ4n) is 4.98. The molecule has 0 heterocycles. The normalized spacial score (nSPS) is 14.2. The lowest BCUT2D eigenvalue weighted by atomic mass is 9.86. The van der Waals surface area contributed by atoms with Gasteiger partial charge < -0.3 is 39.3 Å². The van der Waals surface area contributed by atoms with Crippen LogP contribution in [0.3, 0.4) is 0 Å². The molecule has 0 spiro atoms. The Balaban J connectivity index is 1.83. The maximum Gasteiger partial charge on any atom is 0.511 e. The molecule has 45 heavy (non-hydrogen) atoms. The lowest BCUT2D eigenvalue weighted by Gasteiger charge is -2.36. The predicted octanol–water partition coefficient (Wildman–Crippen LogP) is 6.73. The number of carboxylic acid groups (broad SMARTS) is 3. The third kappa shape index (κ3) is 8.72. The molecule has 0 saturated carbocycles. The van der Waals surface area contributed by atoms with Gasteiger partial charge in [0.05, 0.1) is 17.8 Å². The van der Waals surface area contributed by atoms with E-state index in [0.717, 1.165) is 36.1 Å². The Morgan fingerprint density at radius 1 is 0.867 bits per heavy atom. The van der Waals surface area contributed by atoms with Crippen molar-refractivity contribution in [3.63, 3.8) is 0 Å². The molecule has 4 rings (SSSR count). The summed E-state index contributed by atoms with van der Waals surface area (Å²) in [6.45, 7) is 5.64. The van der Waals surface area contributed by atoms with Crippen molar-refractivity contribution in [2.45, 2.75) is 58.2 Å². The molecular weight excluding hydrogens is 588 g/mol. The van der Waals surface area contributed by atoms with Crippen LogP contribution in [0.15, 0.2) is 65.8 Å². The predicted molar refractivity (Wildman–Crippen MR) is 159 cm³/mol. The molecule has 0 fully saturated rings. The van der Waals surface area contributed by atoms with Crippen LogP contribution >= 0.6 is 0 Å². The third-order valence-electron chi connectivity index (χ3n) is 6.68. The molecule has 3 aromatic carbocycles. The van der Waals surface area contributed by atoms with Crippen LogP contribution in [0, 0.1) is 0 Å². The number of benzene rings is 3.